The molecular formula is C11H6N4O3. The lowest BCUT2D eigenvalue weighted by Crippen LogP contribution is -1.95. The first-order chi connectivity index (χ1) is 8.70. The smallest absolute Gasteiger partial charge is 0.311 e. The molecule has 1 heterocycles. The monoisotopic (exact) mass is 242 g/mol. The molecule has 0 unspecified atom stereocenters. The van der Waals surface area contributed by atoms with Crippen LogP contribution in [0.5, 0.6) is 11.6 Å². The first kappa shape index (κ1) is 11.5. The number of ether oxygens (including phenoxy) is 1. The molecule has 0 N–H and O–H groups in total. The molecule has 1 aromatic heterocycles. The van der Waals surface area contributed by atoms with E-state index in [1.807, 2.05) is 6.07 Å². The van der Waals surface area contributed by atoms with Gasteiger partial charge in [0.15, 0.2) is 0 Å². The molecule has 0 aliphatic carbocycles. The van der Waals surface area contributed by atoms with Gasteiger partial charge in [0, 0.05) is 24.4 Å². The Balaban J connectivity index is 2.42. The molecule has 18 heavy (non-hydrogen) atoms. The van der Waals surface area contributed by atoms with Gasteiger partial charge >= 0.3 is 5.69 Å². The number of aromatic nitrogens is 2. The maximum absolute atomic E-state index is 10.8. The normalized spacial score (nSPS) is 9.50. The van der Waals surface area contributed by atoms with Gasteiger partial charge in [0.2, 0.25) is 11.6 Å². The number of nitro benzene ring substituents is 1. The van der Waals surface area contributed by atoms with Crippen molar-refractivity contribution in [3.05, 3.63) is 52.5 Å². The fourth-order valence-corrected chi connectivity index (χ4v) is 1.27. The minimum absolute atomic E-state index is 0.0299. The first-order valence-electron chi connectivity index (χ1n) is 4.83. The van der Waals surface area contributed by atoms with E-state index in [0.29, 0.717) is 0 Å². The molecule has 1 aromatic carbocycles. The van der Waals surface area contributed by atoms with Crippen molar-refractivity contribution in [1.82, 2.24) is 9.97 Å². The minimum Gasteiger partial charge on any atom is -0.432 e. The van der Waals surface area contributed by atoms with Gasteiger partial charge in [0.25, 0.3) is 0 Å². The molecule has 0 aliphatic rings. The number of hydrogen-bond donors (Lipinski definition) is 0. The van der Waals surface area contributed by atoms with Crippen molar-refractivity contribution in [3.63, 3.8) is 0 Å². The molecule has 2 aromatic rings. The fraction of sp³-hybridized carbons (Fsp3) is 0. The fourth-order valence-electron chi connectivity index (χ4n) is 1.27. The van der Waals surface area contributed by atoms with Gasteiger partial charge in [-0.2, -0.15) is 5.26 Å². The lowest BCUT2D eigenvalue weighted by atomic mass is 10.2. The van der Waals surface area contributed by atoms with Gasteiger partial charge in [-0.05, 0) is 6.07 Å². The second-order valence-electron chi connectivity index (χ2n) is 3.20. The Morgan fingerprint density at radius 2 is 2.22 bits per heavy atom. The zero-order chi connectivity index (χ0) is 13.0. The summed E-state index contributed by atoms with van der Waals surface area (Å²) in [5, 5.41) is 19.6. The summed E-state index contributed by atoms with van der Waals surface area (Å²) in [4.78, 5) is 17.7. The summed E-state index contributed by atoms with van der Waals surface area (Å²) in [6.45, 7) is 0. The predicted molar refractivity (Wildman–Crippen MR) is 59.9 cm³/mol. The topological polar surface area (TPSA) is 102 Å². The number of nitrogens with zero attached hydrogens (tertiary/aromatic N) is 4. The van der Waals surface area contributed by atoms with E-state index in [9.17, 15) is 10.1 Å². The van der Waals surface area contributed by atoms with Crippen molar-refractivity contribution in [2.45, 2.75) is 0 Å². The molecule has 0 amide bonds. The summed E-state index contributed by atoms with van der Waals surface area (Å²) < 4.78 is 5.27. The molecule has 0 atom stereocenters. The average Bonchev–Trinajstić information content (AvgIpc) is 2.39. The Hall–Kier alpha value is -3.01. The van der Waals surface area contributed by atoms with Gasteiger partial charge in [0.05, 0.1) is 16.6 Å². The molecule has 0 fully saturated rings. The minimum atomic E-state index is -0.586. The Labute approximate surface area is 101 Å². The summed E-state index contributed by atoms with van der Waals surface area (Å²) in [6, 6.07) is 7.21. The van der Waals surface area contributed by atoms with Crippen molar-refractivity contribution < 1.29 is 9.66 Å². The van der Waals surface area contributed by atoms with Gasteiger partial charge in [0.1, 0.15) is 6.33 Å². The largest absolute Gasteiger partial charge is 0.432 e. The van der Waals surface area contributed by atoms with Crippen molar-refractivity contribution in [1.29, 1.82) is 5.26 Å². The van der Waals surface area contributed by atoms with Gasteiger partial charge in [-0.15, -0.1) is 0 Å². The van der Waals surface area contributed by atoms with Crippen LogP contribution >= 0.6 is 0 Å². The summed E-state index contributed by atoms with van der Waals surface area (Å²) in [7, 11) is 0. The van der Waals surface area contributed by atoms with Gasteiger partial charge in [-0.25, -0.2) is 9.97 Å². The van der Waals surface area contributed by atoms with Crippen LogP contribution in [-0.2, 0) is 0 Å². The standard InChI is InChI=1S/C11H6N4O3/c12-6-8-1-2-9(15(16)17)10(5-8)18-11-3-4-13-7-14-11/h1-5,7H. The van der Waals surface area contributed by atoms with Crippen LogP contribution in [0.3, 0.4) is 0 Å². The summed E-state index contributed by atoms with van der Waals surface area (Å²) >= 11 is 0. The molecule has 0 saturated carbocycles. The van der Waals surface area contributed by atoms with E-state index >= 15 is 0 Å². The highest BCUT2D eigenvalue weighted by Gasteiger charge is 2.16. The maximum Gasteiger partial charge on any atom is 0.311 e. The molecule has 0 bridgehead atoms. The van der Waals surface area contributed by atoms with Crippen molar-refractivity contribution >= 4 is 5.69 Å². The molecular weight excluding hydrogens is 236 g/mol. The predicted octanol–water partition coefficient (Wildman–Crippen LogP) is 2.05. The Morgan fingerprint density at radius 1 is 1.39 bits per heavy atom. The average molecular weight is 242 g/mol. The Morgan fingerprint density at radius 3 is 2.83 bits per heavy atom. The number of hydrogen-bond acceptors (Lipinski definition) is 6. The van der Waals surface area contributed by atoms with Crippen molar-refractivity contribution in [2.24, 2.45) is 0 Å². The lowest BCUT2D eigenvalue weighted by Gasteiger charge is -2.04. The van der Waals surface area contributed by atoms with Crippen molar-refractivity contribution in [3.8, 4) is 17.7 Å². The number of benzene rings is 1. The van der Waals surface area contributed by atoms with Crippen LogP contribution in [0.25, 0.3) is 0 Å². The number of rotatable bonds is 3. The van der Waals surface area contributed by atoms with Gasteiger partial charge in [-0.3, -0.25) is 10.1 Å². The zero-order valence-electron chi connectivity index (χ0n) is 8.98. The first-order valence-corrected chi connectivity index (χ1v) is 4.83. The van der Waals surface area contributed by atoms with Crippen LogP contribution in [0.1, 0.15) is 5.56 Å². The van der Waals surface area contributed by atoms with E-state index in [1.165, 1.54) is 36.8 Å². The third-order valence-electron chi connectivity index (χ3n) is 2.05. The zero-order valence-corrected chi connectivity index (χ0v) is 8.98. The van der Waals surface area contributed by atoms with Gasteiger partial charge < -0.3 is 4.74 Å². The highest BCUT2D eigenvalue weighted by Crippen LogP contribution is 2.30. The summed E-state index contributed by atoms with van der Waals surface area (Å²) in [5.41, 5.74) is 0.0391. The van der Waals surface area contributed by atoms with E-state index in [2.05, 4.69) is 9.97 Å². The Bertz CT molecular complexity index is 622. The quantitative estimate of drug-likeness (QED) is 0.602. The maximum atomic E-state index is 10.8. The van der Waals surface area contributed by atoms with E-state index in [0.717, 1.165) is 0 Å². The molecule has 0 saturated heterocycles. The van der Waals surface area contributed by atoms with E-state index in [1.54, 1.807) is 0 Å². The van der Waals surface area contributed by atoms with Crippen LogP contribution < -0.4 is 4.74 Å². The van der Waals surface area contributed by atoms with E-state index < -0.39 is 4.92 Å². The SMILES string of the molecule is N#Cc1ccc([N+](=O)[O-])c(Oc2ccncn2)c1. The molecule has 0 aliphatic heterocycles. The third-order valence-corrected chi connectivity index (χ3v) is 2.05. The third kappa shape index (κ3) is 2.38. The highest BCUT2D eigenvalue weighted by atomic mass is 16.6. The van der Waals surface area contributed by atoms with E-state index in [-0.39, 0.29) is 22.9 Å². The molecule has 7 nitrogen and oxygen atoms in total. The summed E-state index contributed by atoms with van der Waals surface area (Å²) in [6.07, 6.45) is 2.71. The highest BCUT2D eigenvalue weighted by molar-refractivity contribution is 5.52. The van der Waals surface area contributed by atoms with Crippen LogP contribution in [0.2, 0.25) is 0 Å². The Kier molecular flexibility index (Phi) is 3.11. The van der Waals surface area contributed by atoms with Crippen LogP contribution in [-0.4, -0.2) is 14.9 Å². The van der Waals surface area contributed by atoms with Crippen LogP contribution in [0.15, 0.2) is 36.8 Å². The lowest BCUT2D eigenvalue weighted by molar-refractivity contribution is -0.385. The second kappa shape index (κ2) is 4.88. The van der Waals surface area contributed by atoms with Crippen molar-refractivity contribution in [2.75, 3.05) is 0 Å². The van der Waals surface area contributed by atoms with E-state index in [4.69, 9.17) is 10.00 Å². The number of nitriles is 1. The van der Waals surface area contributed by atoms with Crippen LogP contribution in [0, 0.1) is 21.4 Å². The van der Waals surface area contributed by atoms with Gasteiger partial charge in [-0.1, -0.05) is 0 Å². The number of nitro groups is 1. The summed E-state index contributed by atoms with van der Waals surface area (Å²) in [5.74, 6) is 0.140. The second-order valence-corrected chi connectivity index (χ2v) is 3.20. The molecule has 0 radical (unpaired) electrons. The molecule has 0 spiro atoms. The molecule has 88 valence electrons. The molecule has 2 rings (SSSR count). The van der Waals surface area contributed by atoms with Crippen LogP contribution in [0.4, 0.5) is 5.69 Å². The molecule has 7 heteroatoms.